The van der Waals surface area contributed by atoms with Gasteiger partial charge < -0.3 is 9.15 Å². The second kappa shape index (κ2) is 5.40. The molecule has 0 unspecified atom stereocenters. The molecule has 0 aliphatic rings. The Morgan fingerprint density at radius 3 is 2.53 bits per heavy atom. The van der Waals surface area contributed by atoms with Gasteiger partial charge in [0.2, 0.25) is 11.5 Å². The average molecular weight is 323 g/mol. The molecule has 1 heterocycles. The first-order chi connectivity index (χ1) is 9.04. The van der Waals surface area contributed by atoms with Gasteiger partial charge in [-0.1, -0.05) is 12.1 Å². The number of ketones is 1. The molecule has 4 nitrogen and oxygen atoms in total. The van der Waals surface area contributed by atoms with E-state index in [1.807, 2.05) is 13.0 Å². The van der Waals surface area contributed by atoms with Gasteiger partial charge in [-0.05, 0) is 46.6 Å². The predicted molar refractivity (Wildman–Crippen MR) is 72.4 cm³/mol. The van der Waals surface area contributed by atoms with Crippen molar-refractivity contribution in [2.24, 2.45) is 0 Å². The lowest BCUT2D eigenvalue weighted by atomic mass is 10.1. The number of ether oxygens (including phenoxy) is 1. The summed E-state index contributed by atoms with van der Waals surface area (Å²) >= 11 is 3.37. The number of aryl methyl sites for hydroxylation is 1. The van der Waals surface area contributed by atoms with E-state index in [0.717, 1.165) is 10.0 Å². The molecule has 0 bridgehead atoms. The SMILES string of the molecule is COC(=O)c1ccc(C(=O)c2cccc(C)c2Br)o1. The second-order valence-corrected chi connectivity index (χ2v) is 4.71. The van der Waals surface area contributed by atoms with Gasteiger partial charge in [0.15, 0.2) is 5.76 Å². The molecule has 0 saturated carbocycles. The van der Waals surface area contributed by atoms with Crippen LogP contribution in [0, 0.1) is 6.92 Å². The van der Waals surface area contributed by atoms with E-state index in [1.165, 1.54) is 19.2 Å². The van der Waals surface area contributed by atoms with Crippen LogP contribution in [0.2, 0.25) is 0 Å². The van der Waals surface area contributed by atoms with Crippen LogP contribution >= 0.6 is 15.9 Å². The highest BCUT2D eigenvalue weighted by molar-refractivity contribution is 9.10. The molecule has 2 rings (SSSR count). The van der Waals surface area contributed by atoms with Gasteiger partial charge in [0.1, 0.15) is 0 Å². The molecule has 0 N–H and O–H groups in total. The minimum absolute atomic E-state index is 0.00891. The van der Waals surface area contributed by atoms with E-state index >= 15 is 0 Å². The number of methoxy groups -OCH3 is 1. The van der Waals surface area contributed by atoms with Crippen molar-refractivity contribution in [3.63, 3.8) is 0 Å². The monoisotopic (exact) mass is 322 g/mol. The number of hydrogen-bond donors (Lipinski definition) is 0. The highest BCUT2D eigenvalue weighted by atomic mass is 79.9. The number of furan rings is 1. The molecule has 1 aromatic heterocycles. The maximum Gasteiger partial charge on any atom is 0.373 e. The van der Waals surface area contributed by atoms with Crippen LogP contribution in [0.4, 0.5) is 0 Å². The summed E-state index contributed by atoms with van der Waals surface area (Å²) in [5, 5.41) is 0. The fraction of sp³-hybridized carbons (Fsp3) is 0.143. The molecule has 0 atom stereocenters. The fourth-order valence-electron chi connectivity index (χ4n) is 1.63. The summed E-state index contributed by atoms with van der Waals surface area (Å²) < 4.78 is 10.4. The maximum absolute atomic E-state index is 12.3. The number of rotatable bonds is 3. The number of benzene rings is 1. The van der Waals surface area contributed by atoms with Crippen LogP contribution in [0.25, 0.3) is 0 Å². The molecule has 19 heavy (non-hydrogen) atoms. The third-order valence-electron chi connectivity index (χ3n) is 2.65. The zero-order valence-electron chi connectivity index (χ0n) is 10.4. The van der Waals surface area contributed by atoms with Gasteiger partial charge in [-0.3, -0.25) is 4.79 Å². The smallest absolute Gasteiger partial charge is 0.373 e. The molecule has 0 spiro atoms. The van der Waals surface area contributed by atoms with Crippen molar-refractivity contribution in [2.45, 2.75) is 6.92 Å². The zero-order chi connectivity index (χ0) is 14.0. The van der Waals surface area contributed by atoms with E-state index in [4.69, 9.17) is 4.42 Å². The molecule has 0 aliphatic heterocycles. The summed E-state index contributed by atoms with van der Waals surface area (Å²) in [6.07, 6.45) is 0. The van der Waals surface area contributed by atoms with Gasteiger partial charge in [0, 0.05) is 10.0 Å². The van der Waals surface area contributed by atoms with E-state index in [2.05, 4.69) is 20.7 Å². The molecule has 1 aromatic carbocycles. The van der Waals surface area contributed by atoms with Crippen LogP contribution in [0.1, 0.15) is 32.2 Å². The van der Waals surface area contributed by atoms with Gasteiger partial charge in [-0.25, -0.2) is 4.79 Å². The van der Waals surface area contributed by atoms with Gasteiger partial charge in [-0.2, -0.15) is 0 Å². The quantitative estimate of drug-likeness (QED) is 0.642. The molecule has 0 radical (unpaired) electrons. The number of halogens is 1. The summed E-state index contributed by atoms with van der Waals surface area (Å²) in [4.78, 5) is 23.5. The van der Waals surface area contributed by atoms with E-state index in [0.29, 0.717) is 5.56 Å². The topological polar surface area (TPSA) is 56.5 Å². The molecule has 0 saturated heterocycles. The number of carbonyl (C=O) groups excluding carboxylic acids is 2. The third kappa shape index (κ3) is 2.61. The molecule has 0 aliphatic carbocycles. The third-order valence-corrected chi connectivity index (χ3v) is 3.71. The van der Waals surface area contributed by atoms with Gasteiger partial charge in [0.25, 0.3) is 0 Å². The Morgan fingerprint density at radius 1 is 1.16 bits per heavy atom. The Bertz CT molecular complexity index is 643. The number of hydrogen-bond acceptors (Lipinski definition) is 4. The van der Waals surface area contributed by atoms with Crippen LogP contribution < -0.4 is 0 Å². The summed E-state index contributed by atoms with van der Waals surface area (Å²) in [7, 11) is 1.25. The lowest BCUT2D eigenvalue weighted by Gasteiger charge is -2.04. The van der Waals surface area contributed by atoms with Gasteiger partial charge in [-0.15, -0.1) is 0 Å². The minimum atomic E-state index is -0.609. The Hall–Kier alpha value is -1.88. The second-order valence-electron chi connectivity index (χ2n) is 3.92. The normalized spacial score (nSPS) is 10.3. The van der Waals surface area contributed by atoms with Crippen LogP contribution in [-0.2, 0) is 4.74 Å². The summed E-state index contributed by atoms with van der Waals surface area (Å²) in [5.74, 6) is -0.783. The number of esters is 1. The van der Waals surface area contributed by atoms with Crippen LogP contribution in [0.15, 0.2) is 39.2 Å². The van der Waals surface area contributed by atoms with Crippen molar-refractivity contribution in [2.75, 3.05) is 7.11 Å². The summed E-state index contributed by atoms with van der Waals surface area (Å²) in [6.45, 7) is 1.89. The van der Waals surface area contributed by atoms with Gasteiger partial charge >= 0.3 is 5.97 Å². The molecule has 98 valence electrons. The van der Waals surface area contributed by atoms with Crippen molar-refractivity contribution in [3.8, 4) is 0 Å². The van der Waals surface area contributed by atoms with Crippen molar-refractivity contribution in [1.82, 2.24) is 0 Å². The molecule has 0 fully saturated rings. The largest absolute Gasteiger partial charge is 0.463 e. The van der Waals surface area contributed by atoms with Crippen molar-refractivity contribution in [1.29, 1.82) is 0 Å². The van der Waals surface area contributed by atoms with E-state index in [1.54, 1.807) is 12.1 Å². The van der Waals surface area contributed by atoms with Crippen LogP contribution in [0.3, 0.4) is 0 Å². The first-order valence-corrected chi connectivity index (χ1v) is 6.32. The van der Waals surface area contributed by atoms with E-state index < -0.39 is 5.97 Å². The molecule has 2 aromatic rings. The van der Waals surface area contributed by atoms with E-state index in [9.17, 15) is 9.59 Å². The zero-order valence-corrected chi connectivity index (χ0v) is 12.0. The molecule has 0 amide bonds. The van der Waals surface area contributed by atoms with Crippen LogP contribution in [-0.4, -0.2) is 18.9 Å². The highest BCUT2D eigenvalue weighted by Crippen LogP contribution is 2.24. The van der Waals surface area contributed by atoms with Gasteiger partial charge in [0.05, 0.1) is 7.11 Å². The predicted octanol–water partition coefficient (Wildman–Crippen LogP) is 3.37. The highest BCUT2D eigenvalue weighted by Gasteiger charge is 2.19. The van der Waals surface area contributed by atoms with E-state index in [-0.39, 0.29) is 17.3 Å². The lowest BCUT2D eigenvalue weighted by Crippen LogP contribution is -2.02. The number of carbonyl (C=O) groups is 2. The Balaban J connectivity index is 2.37. The first kappa shape index (κ1) is 13.5. The Labute approximate surface area is 118 Å². The van der Waals surface area contributed by atoms with Crippen molar-refractivity contribution in [3.05, 3.63) is 57.5 Å². The summed E-state index contributed by atoms with van der Waals surface area (Å²) in [5.41, 5.74) is 1.44. The summed E-state index contributed by atoms with van der Waals surface area (Å²) in [6, 6.07) is 8.26. The Kier molecular flexibility index (Phi) is 3.85. The minimum Gasteiger partial charge on any atom is -0.463 e. The lowest BCUT2D eigenvalue weighted by molar-refractivity contribution is 0.0563. The Morgan fingerprint density at radius 2 is 1.84 bits per heavy atom. The average Bonchev–Trinajstić information content (AvgIpc) is 2.90. The van der Waals surface area contributed by atoms with Crippen molar-refractivity contribution >= 4 is 27.7 Å². The fourth-order valence-corrected chi connectivity index (χ4v) is 2.07. The molecule has 5 heteroatoms. The first-order valence-electron chi connectivity index (χ1n) is 5.52. The molecular formula is C14H11BrO4. The van der Waals surface area contributed by atoms with Crippen LogP contribution in [0.5, 0.6) is 0 Å². The molecular weight excluding hydrogens is 312 g/mol. The maximum atomic E-state index is 12.3. The van der Waals surface area contributed by atoms with Crippen molar-refractivity contribution < 1.29 is 18.7 Å². The standard InChI is InChI=1S/C14H11BrO4/c1-8-4-3-5-9(12(8)15)13(16)10-6-7-11(19-10)14(17)18-2/h3-7H,1-2H3.